The highest BCUT2D eigenvalue weighted by Gasteiger charge is 2.26. The van der Waals surface area contributed by atoms with E-state index in [0.29, 0.717) is 6.10 Å². The maximum Gasteiger partial charge on any atom is 0.0771 e. The summed E-state index contributed by atoms with van der Waals surface area (Å²) in [6.45, 7) is 2.96. The van der Waals surface area contributed by atoms with Crippen LogP contribution < -0.4 is 5.32 Å². The van der Waals surface area contributed by atoms with Gasteiger partial charge in [0.15, 0.2) is 0 Å². The second kappa shape index (κ2) is 4.73. The third-order valence-corrected chi connectivity index (χ3v) is 2.90. The second-order valence-electron chi connectivity index (χ2n) is 4.11. The summed E-state index contributed by atoms with van der Waals surface area (Å²) in [6.07, 6.45) is 6.42. The predicted molar refractivity (Wildman–Crippen MR) is 59.7 cm³/mol. The van der Waals surface area contributed by atoms with Crippen LogP contribution in [0.25, 0.3) is 0 Å². The van der Waals surface area contributed by atoms with Crippen molar-refractivity contribution in [3.05, 3.63) is 29.6 Å². The van der Waals surface area contributed by atoms with E-state index in [1.54, 1.807) is 0 Å². The van der Waals surface area contributed by atoms with Crippen LogP contribution in [0.3, 0.4) is 0 Å². The van der Waals surface area contributed by atoms with Crippen molar-refractivity contribution in [3.63, 3.8) is 0 Å². The van der Waals surface area contributed by atoms with Crippen molar-refractivity contribution in [2.24, 2.45) is 0 Å². The molecule has 1 fully saturated rings. The van der Waals surface area contributed by atoms with Gasteiger partial charge >= 0.3 is 0 Å². The number of aryl methyl sites for hydroxylation is 1. The van der Waals surface area contributed by atoms with E-state index in [2.05, 4.69) is 23.3 Å². The first-order valence-corrected chi connectivity index (χ1v) is 5.51. The van der Waals surface area contributed by atoms with Crippen LogP contribution in [0.15, 0.2) is 18.5 Å². The van der Waals surface area contributed by atoms with E-state index in [4.69, 9.17) is 4.74 Å². The van der Waals surface area contributed by atoms with E-state index < -0.39 is 0 Å². The molecule has 0 aromatic carbocycles. The molecule has 1 aromatic rings. The van der Waals surface area contributed by atoms with Crippen molar-refractivity contribution < 1.29 is 4.74 Å². The number of hydrogen-bond acceptors (Lipinski definition) is 3. The van der Waals surface area contributed by atoms with Crippen LogP contribution in [0.4, 0.5) is 0 Å². The summed E-state index contributed by atoms with van der Waals surface area (Å²) >= 11 is 0. The van der Waals surface area contributed by atoms with Crippen molar-refractivity contribution >= 4 is 0 Å². The first-order valence-electron chi connectivity index (χ1n) is 5.51. The number of likely N-dealkylation sites (N-methyl/N-ethyl adjacent to an activating group) is 1. The van der Waals surface area contributed by atoms with Crippen molar-refractivity contribution in [2.45, 2.75) is 31.9 Å². The molecule has 2 heterocycles. The number of ether oxygens (including phenoxy) is 1. The van der Waals surface area contributed by atoms with E-state index in [9.17, 15) is 0 Å². The number of nitrogens with zero attached hydrogens (tertiary/aromatic N) is 1. The fraction of sp³-hybridized carbons (Fsp3) is 0.583. The summed E-state index contributed by atoms with van der Waals surface area (Å²) in [5, 5.41) is 3.32. The smallest absolute Gasteiger partial charge is 0.0771 e. The third-order valence-electron chi connectivity index (χ3n) is 2.90. The van der Waals surface area contributed by atoms with Crippen LogP contribution in [-0.2, 0) is 4.74 Å². The van der Waals surface area contributed by atoms with Gasteiger partial charge in [-0.25, -0.2) is 0 Å². The molecule has 0 radical (unpaired) electrons. The Labute approximate surface area is 90.9 Å². The lowest BCUT2D eigenvalue weighted by atomic mass is 10.0. The molecule has 82 valence electrons. The molecule has 1 aromatic heterocycles. The quantitative estimate of drug-likeness (QED) is 0.819. The van der Waals surface area contributed by atoms with Crippen LogP contribution in [0.5, 0.6) is 0 Å². The largest absolute Gasteiger partial charge is 0.376 e. The Morgan fingerprint density at radius 2 is 2.40 bits per heavy atom. The molecule has 0 amide bonds. The number of rotatable bonds is 3. The molecule has 0 saturated carbocycles. The molecule has 2 rings (SSSR count). The minimum absolute atomic E-state index is 0.278. The van der Waals surface area contributed by atoms with Gasteiger partial charge in [-0.1, -0.05) is 6.07 Å². The molecule has 15 heavy (non-hydrogen) atoms. The monoisotopic (exact) mass is 206 g/mol. The van der Waals surface area contributed by atoms with Gasteiger partial charge in [-0.05, 0) is 37.9 Å². The maximum atomic E-state index is 5.71. The lowest BCUT2D eigenvalue weighted by molar-refractivity contribution is 0.0806. The summed E-state index contributed by atoms with van der Waals surface area (Å²) in [5.41, 5.74) is 2.43. The molecule has 3 heteroatoms. The summed E-state index contributed by atoms with van der Waals surface area (Å²) in [4.78, 5) is 4.23. The van der Waals surface area contributed by atoms with Gasteiger partial charge in [-0.2, -0.15) is 0 Å². The van der Waals surface area contributed by atoms with Crippen LogP contribution in [0, 0.1) is 6.92 Å². The number of nitrogens with one attached hydrogen (secondary N) is 1. The number of aromatic nitrogens is 1. The van der Waals surface area contributed by atoms with Crippen molar-refractivity contribution in [1.29, 1.82) is 0 Å². The molecule has 0 bridgehead atoms. The zero-order valence-corrected chi connectivity index (χ0v) is 9.36. The Bertz CT molecular complexity index is 321. The molecular weight excluding hydrogens is 188 g/mol. The maximum absolute atomic E-state index is 5.71. The first-order chi connectivity index (χ1) is 7.31. The minimum Gasteiger partial charge on any atom is -0.376 e. The van der Waals surface area contributed by atoms with Crippen molar-refractivity contribution in [2.75, 3.05) is 13.7 Å². The number of hydrogen-bond donors (Lipinski definition) is 1. The van der Waals surface area contributed by atoms with Gasteiger partial charge in [0.2, 0.25) is 0 Å². The van der Waals surface area contributed by atoms with Crippen molar-refractivity contribution in [3.8, 4) is 0 Å². The Hall–Kier alpha value is -0.930. The minimum atomic E-state index is 0.278. The second-order valence-corrected chi connectivity index (χ2v) is 4.11. The highest BCUT2D eigenvalue weighted by Crippen LogP contribution is 2.26. The lowest BCUT2D eigenvalue weighted by Gasteiger charge is -2.22. The van der Waals surface area contributed by atoms with Crippen LogP contribution >= 0.6 is 0 Å². The molecule has 3 nitrogen and oxygen atoms in total. The molecule has 1 N–H and O–H groups in total. The van der Waals surface area contributed by atoms with E-state index in [-0.39, 0.29) is 6.04 Å². The average molecular weight is 206 g/mol. The van der Waals surface area contributed by atoms with Gasteiger partial charge in [0.25, 0.3) is 0 Å². The normalized spacial score (nSPS) is 22.9. The highest BCUT2D eigenvalue weighted by molar-refractivity contribution is 5.21. The average Bonchev–Trinajstić information content (AvgIpc) is 2.72. The van der Waals surface area contributed by atoms with Gasteiger partial charge in [0, 0.05) is 19.0 Å². The van der Waals surface area contributed by atoms with E-state index in [0.717, 1.165) is 13.0 Å². The molecule has 0 aliphatic carbocycles. The number of pyridine rings is 1. The molecule has 1 aliphatic heterocycles. The van der Waals surface area contributed by atoms with Gasteiger partial charge in [0.1, 0.15) is 0 Å². The summed E-state index contributed by atoms with van der Waals surface area (Å²) in [7, 11) is 1.98. The van der Waals surface area contributed by atoms with Crippen LogP contribution in [0.1, 0.15) is 30.0 Å². The Kier molecular flexibility index (Phi) is 3.34. The third kappa shape index (κ3) is 2.36. The van der Waals surface area contributed by atoms with Gasteiger partial charge in [0.05, 0.1) is 12.1 Å². The molecular formula is C12H18N2O. The summed E-state index contributed by atoms with van der Waals surface area (Å²) in [5.74, 6) is 0. The highest BCUT2D eigenvalue weighted by atomic mass is 16.5. The first kappa shape index (κ1) is 10.6. The molecule has 1 aliphatic rings. The molecule has 2 unspecified atom stereocenters. The zero-order chi connectivity index (χ0) is 10.7. The molecule has 1 saturated heterocycles. The standard InChI is InChI=1S/C12H18N2O/c1-9-6-10(8-14-7-9)12(13-2)11-4-3-5-15-11/h6-8,11-13H,3-5H2,1-2H3. The molecule has 0 spiro atoms. The van der Waals surface area contributed by atoms with Gasteiger partial charge < -0.3 is 10.1 Å². The fourth-order valence-corrected chi connectivity index (χ4v) is 2.18. The lowest BCUT2D eigenvalue weighted by Crippen LogP contribution is -2.29. The van der Waals surface area contributed by atoms with E-state index >= 15 is 0 Å². The summed E-state index contributed by atoms with van der Waals surface area (Å²) < 4.78 is 5.71. The zero-order valence-electron chi connectivity index (χ0n) is 9.36. The van der Waals surface area contributed by atoms with E-state index in [1.807, 2.05) is 19.4 Å². The Morgan fingerprint density at radius 3 is 3.00 bits per heavy atom. The van der Waals surface area contributed by atoms with Crippen LogP contribution in [-0.4, -0.2) is 24.7 Å². The fourth-order valence-electron chi connectivity index (χ4n) is 2.18. The van der Waals surface area contributed by atoms with Crippen molar-refractivity contribution in [1.82, 2.24) is 10.3 Å². The van der Waals surface area contributed by atoms with Gasteiger partial charge in [-0.15, -0.1) is 0 Å². The SMILES string of the molecule is CNC(c1cncc(C)c1)C1CCCO1. The van der Waals surface area contributed by atoms with Crippen LogP contribution in [0.2, 0.25) is 0 Å². The predicted octanol–water partition coefficient (Wildman–Crippen LogP) is 1.83. The summed E-state index contributed by atoms with van der Waals surface area (Å²) in [6, 6.07) is 2.45. The van der Waals surface area contributed by atoms with Gasteiger partial charge in [-0.3, -0.25) is 4.98 Å². The Balaban J connectivity index is 2.18. The van der Waals surface area contributed by atoms with E-state index in [1.165, 1.54) is 17.5 Å². The molecule has 2 atom stereocenters. The Morgan fingerprint density at radius 1 is 1.53 bits per heavy atom. The topological polar surface area (TPSA) is 34.2 Å².